The topological polar surface area (TPSA) is 61.2 Å². The Hall–Kier alpha value is -2.61. The van der Waals surface area contributed by atoms with Crippen molar-refractivity contribution in [2.24, 2.45) is 0 Å². The summed E-state index contributed by atoms with van der Waals surface area (Å²) in [5, 5.41) is 7.46. The summed E-state index contributed by atoms with van der Waals surface area (Å²) in [7, 11) is 1.57. The second-order valence-electron chi connectivity index (χ2n) is 5.18. The van der Waals surface area contributed by atoms with E-state index in [1.165, 1.54) is 6.07 Å². The second-order valence-corrected chi connectivity index (χ2v) is 6.03. The van der Waals surface area contributed by atoms with Crippen molar-refractivity contribution in [1.29, 1.82) is 0 Å². The number of ether oxygens (including phenoxy) is 2. The lowest BCUT2D eigenvalue weighted by Crippen LogP contribution is -2.12. The van der Waals surface area contributed by atoms with Gasteiger partial charge in [0.15, 0.2) is 11.5 Å². The highest BCUT2D eigenvalue weighted by Gasteiger charge is 2.12. The Bertz CT molecular complexity index is 843. The molecule has 0 bridgehead atoms. The lowest BCUT2D eigenvalue weighted by molar-refractivity contribution is 0.279. The highest BCUT2D eigenvalue weighted by Crippen LogP contribution is 2.34. The Morgan fingerprint density at radius 3 is 2.60 bits per heavy atom. The number of hydrogen-bond donors (Lipinski definition) is 1. The van der Waals surface area contributed by atoms with Crippen LogP contribution >= 0.6 is 15.9 Å². The average Bonchev–Trinajstić information content (AvgIpc) is 3.13. The van der Waals surface area contributed by atoms with E-state index in [0.29, 0.717) is 23.6 Å². The maximum atomic E-state index is 13.7. The summed E-state index contributed by atoms with van der Waals surface area (Å²) in [5.74, 6) is 0.807. The van der Waals surface area contributed by atoms with Crippen LogP contribution in [0.15, 0.2) is 53.5 Å². The van der Waals surface area contributed by atoms with E-state index >= 15 is 0 Å². The summed E-state index contributed by atoms with van der Waals surface area (Å²) in [6.07, 6.45) is 3.13. The Kier molecular flexibility index (Phi) is 5.49. The largest absolute Gasteiger partial charge is 0.493 e. The first kappa shape index (κ1) is 17.2. The second kappa shape index (κ2) is 7.98. The van der Waals surface area contributed by atoms with Crippen LogP contribution < -0.4 is 14.9 Å². The van der Waals surface area contributed by atoms with Crippen LogP contribution in [0.5, 0.6) is 11.5 Å². The minimum Gasteiger partial charge on any atom is -0.493 e. The van der Waals surface area contributed by atoms with Crippen molar-refractivity contribution in [3.8, 4) is 11.5 Å². The quantitative estimate of drug-likeness (QED) is 0.650. The van der Waals surface area contributed by atoms with E-state index in [9.17, 15) is 4.39 Å². The predicted octanol–water partition coefficient (Wildman–Crippen LogP) is 3.51. The highest BCUT2D eigenvalue weighted by molar-refractivity contribution is 9.10. The van der Waals surface area contributed by atoms with Crippen LogP contribution in [0.3, 0.4) is 0 Å². The van der Waals surface area contributed by atoms with E-state index in [0.717, 1.165) is 10.0 Å². The molecule has 1 heterocycles. The van der Waals surface area contributed by atoms with E-state index in [2.05, 4.69) is 31.6 Å². The van der Waals surface area contributed by atoms with Crippen LogP contribution in [0, 0.1) is 5.82 Å². The maximum Gasteiger partial charge on any atom is 0.162 e. The molecule has 2 aromatic carbocycles. The maximum absolute atomic E-state index is 13.7. The number of nitrogens with one attached hydrogen (secondary N) is 1. The fourth-order valence-corrected chi connectivity index (χ4v) is 2.68. The molecule has 0 aliphatic carbocycles. The van der Waals surface area contributed by atoms with Gasteiger partial charge in [-0.05, 0) is 23.8 Å². The zero-order chi connectivity index (χ0) is 17.6. The smallest absolute Gasteiger partial charge is 0.162 e. The summed E-state index contributed by atoms with van der Waals surface area (Å²) in [5.41, 5.74) is 4.58. The van der Waals surface area contributed by atoms with Crippen LogP contribution in [0.2, 0.25) is 0 Å². The molecule has 0 aliphatic heterocycles. The van der Waals surface area contributed by atoms with Gasteiger partial charge >= 0.3 is 0 Å². The van der Waals surface area contributed by atoms with Crippen molar-refractivity contribution in [2.45, 2.75) is 13.2 Å². The summed E-state index contributed by atoms with van der Waals surface area (Å²) in [4.78, 5) is 0. The lowest BCUT2D eigenvalue weighted by atomic mass is 10.2. The van der Waals surface area contributed by atoms with E-state index in [1.807, 2.05) is 12.1 Å². The van der Waals surface area contributed by atoms with Crippen molar-refractivity contribution < 1.29 is 13.9 Å². The summed E-state index contributed by atoms with van der Waals surface area (Å²) >= 11 is 3.53. The molecule has 6 nitrogen and oxygen atoms in total. The standard InChI is InChI=1S/C17H16BrFN4O2/c1-24-16-6-13(8-22-23-10-20-21-11-23)14(18)7-17(16)25-9-12-4-2-3-5-15(12)19/h2-7,10-11,22H,8-9H2,1H3. The normalized spacial score (nSPS) is 10.5. The van der Waals surface area contributed by atoms with Gasteiger partial charge in [0.05, 0.1) is 13.7 Å². The number of aromatic nitrogens is 3. The molecule has 130 valence electrons. The van der Waals surface area contributed by atoms with Gasteiger partial charge < -0.3 is 14.9 Å². The highest BCUT2D eigenvalue weighted by atomic mass is 79.9. The molecular weight excluding hydrogens is 391 g/mol. The van der Waals surface area contributed by atoms with Gasteiger partial charge in [-0.3, -0.25) is 0 Å². The third-order valence-corrected chi connectivity index (χ3v) is 4.28. The Morgan fingerprint density at radius 2 is 1.88 bits per heavy atom. The van der Waals surface area contributed by atoms with Crippen LogP contribution in [0.4, 0.5) is 4.39 Å². The number of halogens is 2. The molecule has 0 saturated carbocycles. The minimum atomic E-state index is -0.296. The molecule has 8 heteroatoms. The molecule has 0 unspecified atom stereocenters. The van der Waals surface area contributed by atoms with E-state index in [4.69, 9.17) is 9.47 Å². The van der Waals surface area contributed by atoms with Gasteiger partial charge in [-0.25, -0.2) is 9.07 Å². The first-order chi connectivity index (χ1) is 12.2. The molecule has 25 heavy (non-hydrogen) atoms. The van der Waals surface area contributed by atoms with Gasteiger partial charge in [0.1, 0.15) is 25.1 Å². The Morgan fingerprint density at radius 1 is 1.12 bits per heavy atom. The number of nitrogens with zero attached hydrogens (tertiary/aromatic N) is 3. The van der Waals surface area contributed by atoms with Gasteiger partial charge in [0.25, 0.3) is 0 Å². The molecular formula is C17H16BrFN4O2. The average molecular weight is 407 g/mol. The molecule has 0 aliphatic rings. The first-order valence-corrected chi connectivity index (χ1v) is 8.28. The number of benzene rings is 2. The van der Waals surface area contributed by atoms with Gasteiger partial charge in [-0.2, -0.15) is 0 Å². The molecule has 0 fully saturated rings. The van der Waals surface area contributed by atoms with Gasteiger partial charge in [0, 0.05) is 10.0 Å². The van der Waals surface area contributed by atoms with E-state index < -0.39 is 0 Å². The molecule has 0 amide bonds. The van der Waals surface area contributed by atoms with Crippen molar-refractivity contribution in [3.63, 3.8) is 0 Å². The fourth-order valence-electron chi connectivity index (χ4n) is 2.21. The molecule has 3 aromatic rings. The third kappa shape index (κ3) is 4.27. The third-order valence-electron chi connectivity index (χ3n) is 3.54. The van der Waals surface area contributed by atoms with Gasteiger partial charge in [-0.15, -0.1) is 10.2 Å². The zero-order valence-electron chi connectivity index (χ0n) is 13.4. The Balaban J connectivity index is 1.73. The molecule has 1 N–H and O–H groups in total. The van der Waals surface area contributed by atoms with Crippen LogP contribution in [-0.4, -0.2) is 22.0 Å². The van der Waals surface area contributed by atoms with Gasteiger partial charge in [0.2, 0.25) is 0 Å². The van der Waals surface area contributed by atoms with Crippen LogP contribution in [0.1, 0.15) is 11.1 Å². The van der Waals surface area contributed by atoms with E-state index in [-0.39, 0.29) is 12.4 Å². The van der Waals surface area contributed by atoms with Crippen LogP contribution in [-0.2, 0) is 13.2 Å². The van der Waals surface area contributed by atoms with Crippen molar-refractivity contribution in [2.75, 3.05) is 12.5 Å². The molecule has 3 rings (SSSR count). The minimum absolute atomic E-state index is 0.119. The number of methoxy groups -OCH3 is 1. The summed E-state index contributed by atoms with van der Waals surface area (Å²) in [6, 6.07) is 10.2. The van der Waals surface area contributed by atoms with Crippen molar-refractivity contribution >= 4 is 15.9 Å². The molecule has 0 saturated heterocycles. The van der Waals surface area contributed by atoms with Crippen molar-refractivity contribution in [3.05, 3.63) is 70.5 Å². The molecule has 0 spiro atoms. The monoisotopic (exact) mass is 406 g/mol. The number of rotatable bonds is 7. The number of hydrogen-bond acceptors (Lipinski definition) is 5. The van der Waals surface area contributed by atoms with Gasteiger partial charge in [-0.1, -0.05) is 34.1 Å². The fraction of sp³-hybridized carbons (Fsp3) is 0.176. The van der Waals surface area contributed by atoms with E-state index in [1.54, 1.807) is 42.6 Å². The summed E-state index contributed by atoms with van der Waals surface area (Å²) in [6.45, 7) is 0.649. The molecule has 0 atom stereocenters. The molecule has 0 radical (unpaired) electrons. The SMILES string of the molecule is COc1cc(CNn2cnnc2)c(Br)cc1OCc1ccccc1F. The zero-order valence-corrected chi connectivity index (χ0v) is 15.0. The Labute approximate surface area is 152 Å². The lowest BCUT2D eigenvalue weighted by Gasteiger charge is -2.15. The summed E-state index contributed by atoms with van der Waals surface area (Å²) < 4.78 is 27.3. The van der Waals surface area contributed by atoms with Crippen molar-refractivity contribution in [1.82, 2.24) is 14.9 Å². The predicted molar refractivity (Wildman–Crippen MR) is 94.5 cm³/mol. The molecule has 1 aromatic heterocycles. The van der Waals surface area contributed by atoms with Crippen LogP contribution in [0.25, 0.3) is 0 Å². The first-order valence-electron chi connectivity index (χ1n) is 7.48.